The van der Waals surface area contributed by atoms with Crippen LogP contribution in [0, 0.1) is 0 Å². The van der Waals surface area contributed by atoms with E-state index in [0.717, 1.165) is 12.1 Å². The lowest BCUT2D eigenvalue weighted by molar-refractivity contribution is 0.0690. The molecule has 0 aromatic carbocycles. The van der Waals surface area contributed by atoms with Gasteiger partial charge in [-0.2, -0.15) is 0 Å². The highest BCUT2D eigenvalue weighted by Crippen LogP contribution is 2.02. The number of aromatic nitrogens is 1. The first-order chi connectivity index (χ1) is 6.09. The number of carboxylic acids is 1. The quantitative estimate of drug-likeness (QED) is 0.749. The highest BCUT2D eigenvalue weighted by atomic mass is 16.4. The molecule has 0 aliphatic heterocycles. The molecule has 0 spiro atoms. The maximum atomic E-state index is 10.5. The summed E-state index contributed by atoms with van der Waals surface area (Å²) in [4.78, 5) is 16.3. The van der Waals surface area contributed by atoms with Crippen LogP contribution in [0.25, 0.3) is 0 Å². The third kappa shape index (κ3) is 2.83. The Morgan fingerprint density at radius 1 is 1.54 bits per heavy atom. The molecule has 1 N–H and O–H groups in total. The van der Waals surface area contributed by atoms with Crippen molar-refractivity contribution in [2.75, 3.05) is 14.1 Å². The number of rotatable bonds is 3. The van der Waals surface area contributed by atoms with Crippen molar-refractivity contribution < 1.29 is 9.90 Å². The first-order valence-electron chi connectivity index (χ1n) is 3.92. The summed E-state index contributed by atoms with van der Waals surface area (Å²) in [6, 6.07) is 3.29. The van der Waals surface area contributed by atoms with Crippen molar-refractivity contribution in [2.45, 2.75) is 6.54 Å². The Kier molecular flexibility index (Phi) is 2.97. The molecule has 0 saturated carbocycles. The van der Waals surface area contributed by atoms with Crippen LogP contribution in [-0.4, -0.2) is 35.1 Å². The van der Waals surface area contributed by atoms with Crippen LogP contribution in [-0.2, 0) is 6.54 Å². The van der Waals surface area contributed by atoms with Crippen LogP contribution in [0.5, 0.6) is 0 Å². The lowest BCUT2D eigenvalue weighted by Crippen LogP contribution is -2.11. The Bertz CT molecular complexity index is 293. The normalized spacial score (nSPS) is 10.4. The van der Waals surface area contributed by atoms with Crippen molar-refractivity contribution in [3.8, 4) is 0 Å². The molecule has 0 atom stereocenters. The summed E-state index contributed by atoms with van der Waals surface area (Å²) >= 11 is 0. The molecule has 0 aliphatic carbocycles. The second-order valence-corrected chi connectivity index (χ2v) is 3.09. The second kappa shape index (κ2) is 4.00. The van der Waals surface area contributed by atoms with Gasteiger partial charge in [0.1, 0.15) is 5.69 Å². The minimum absolute atomic E-state index is 0.0857. The Morgan fingerprint density at radius 3 is 2.62 bits per heavy atom. The summed E-state index contributed by atoms with van der Waals surface area (Å²) in [6.45, 7) is 0.771. The summed E-state index contributed by atoms with van der Waals surface area (Å²) < 4.78 is 0. The van der Waals surface area contributed by atoms with E-state index >= 15 is 0 Å². The third-order valence-electron chi connectivity index (χ3n) is 1.54. The lowest BCUT2D eigenvalue weighted by atomic mass is 10.2. The number of hydrogen-bond acceptors (Lipinski definition) is 3. The van der Waals surface area contributed by atoms with Gasteiger partial charge in [0.2, 0.25) is 0 Å². The van der Waals surface area contributed by atoms with E-state index in [0.29, 0.717) is 0 Å². The van der Waals surface area contributed by atoms with Gasteiger partial charge in [0.25, 0.3) is 0 Å². The topological polar surface area (TPSA) is 53.4 Å². The molecule has 1 aromatic rings. The van der Waals surface area contributed by atoms with Gasteiger partial charge in [0.15, 0.2) is 0 Å². The SMILES string of the molecule is CN(C)Cc1ccc(C(=O)O)nc1. The zero-order valence-electron chi connectivity index (χ0n) is 7.69. The van der Waals surface area contributed by atoms with Gasteiger partial charge >= 0.3 is 5.97 Å². The van der Waals surface area contributed by atoms with Gasteiger partial charge in [-0.15, -0.1) is 0 Å². The van der Waals surface area contributed by atoms with E-state index in [2.05, 4.69) is 4.98 Å². The largest absolute Gasteiger partial charge is 0.477 e. The smallest absolute Gasteiger partial charge is 0.354 e. The molecule has 0 aliphatic rings. The summed E-state index contributed by atoms with van der Waals surface area (Å²) in [5.74, 6) is -0.989. The van der Waals surface area contributed by atoms with Crippen LogP contribution in [0.15, 0.2) is 18.3 Å². The van der Waals surface area contributed by atoms with E-state index < -0.39 is 5.97 Å². The average Bonchev–Trinajstić information content (AvgIpc) is 2.04. The van der Waals surface area contributed by atoms with Crippen LogP contribution in [0.1, 0.15) is 16.1 Å². The minimum Gasteiger partial charge on any atom is -0.477 e. The Morgan fingerprint density at radius 2 is 2.23 bits per heavy atom. The molecule has 13 heavy (non-hydrogen) atoms. The third-order valence-corrected chi connectivity index (χ3v) is 1.54. The summed E-state index contributed by atoms with van der Waals surface area (Å²) in [5.41, 5.74) is 1.09. The van der Waals surface area contributed by atoms with Crippen molar-refractivity contribution in [2.24, 2.45) is 0 Å². The van der Waals surface area contributed by atoms with E-state index in [4.69, 9.17) is 5.11 Å². The van der Waals surface area contributed by atoms with Gasteiger partial charge in [-0.25, -0.2) is 9.78 Å². The number of nitrogens with zero attached hydrogens (tertiary/aromatic N) is 2. The molecule has 1 heterocycles. The van der Waals surface area contributed by atoms with E-state index in [-0.39, 0.29) is 5.69 Å². The van der Waals surface area contributed by atoms with Crippen LogP contribution in [0.2, 0.25) is 0 Å². The molecule has 4 nitrogen and oxygen atoms in total. The lowest BCUT2D eigenvalue weighted by Gasteiger charge is -2.08. The van der Waals surface area contributed by atoms with Gasteiger partial charge in [0, 0.05) is 12.7 Å². The fourth-order valence-corrected chi connectivity index (χ4v) is 1.01. The molecule has 0 saturated heterocycles. The maximum Gasteiger partial charge on any atom is 0.354 e. The van der Waals surface area contributed by atoms with Crippen molar-refractivity contribution in [1.82, 2.24) is 9.88 Å². The molecule has 0 unspecified atom stereocenters. The zero-order chi connectivity index (χ0) is 9.84. The highest BCUT2D eigenvalue weighted by Gasteiger charge is 2.03. The number of carboxylic acid groups (broad SMARTS) is 1. The molecule has 70 valence electrons. The Balaban J connectivity index is 2.75. The van der Waals surface area contributed by atoms with E-state index in [1.54, 1.807) is 12.3 Å². The van der Waals surface area contributed by atoms with Crippen LogP contribution in [0.4, 0.5) is 0 Å². The van der Waals surface area contributed by atoms with E-state index in [9.17, 15) is 4.79 Å². The second-order valence-electron chi connectivity index (χ2n) is 3.09. The van der Waals surface area contributed by atoms with Crippen molar-refractivity contribution in [3.05, 3.63) is 29.6 Å². The zero-order valence-corrected chi connectivity index (χ0v) is 7.69. The molecular weight excluding hydrogens is 168 g/mol. The fourth-order valence-electron chi connectivity index (χ4n) is 1.01. The molecule has 0 radical (unpaired) electrons. The van der Waals surface area contributed by atoms with E-state index in [1.165, 1.54) is 6.07 Å². The van der Waals surface area contributed by atoms with Crippen LogP contribution >= 0.6 is 0 Å². The van der Waals surface area contributed by atoms with Crippen molar-refractivity contribution in [3.63, 3.8) is 0 Å². The minimum atomic E-state index is -0.989. The molecule has 0 bridgehead atoms. The van der Waals surface area contributed by atoms with Gasteiger partial charge in [0.05, 0.1) is 0 Å². The summed E-state index contributed by atoms with van der Waals surface area (Å²) in [6.07, 6.45) is 1.59. The van der Waals surface area contributed by atoms with Crippen molar-refractivity contribution >= 4 is 5.97 Å². The summed E-state index contributed by atoms with van der Waals surface area (Å²) in [5, 5.41) is 8.58. The number of carbonyl (C=O) groups is 1. The Hall–Kier alpha value is -1.42. The number of pyridine rings is 1. The van der Waals surface area contributed by atoms with Gasteiger partial charge in [-0.1, -0.05) is 6.07 Å². The standard InChI is InChI=1S/C9H12N2O2/c1-11(2)6-7-3-4-8(9(12)13)10-5-7/h3-5H,6H2,1-2H3,(H,12,13). The first-order valence-corrected chi connectivity index (χ1v) is 3.92. The van der Waals surface area contributed by atoms with Crippen LogP contribution < -0.4 is 0 Å². The van der Waals surface area contributed by atoms with Crippen LogP contribution in [0.3, 0.4) is 0 Å². The molecule has 1 aromatic heterocycles. The van der Waals surface area contributed by atoms with Crippen molar-refractivity contribution in [1.29, 1.82) is 0 Å². The number of aromatic carboxylic acids is 1. The van der Waals surface area contributed by atoms with E-state index in [1.807, 2.05) is 19.0 Å². The molecule has 0 fully saturated rings. The monoisotopic (exact) mass is 180 g/mol. The maximum absolute atomic E-state index is 10.5. The fraction of sp³-hybridized carbons (Fsp3) is 0.333. The molecule has 1 rings (SSSR count). The highest BCUT2D eigenvalue weighted by molar-refractivity contribution is 5.85. The van der Waals surface area contributed by atoms with Gasteiger partial charge in [-0.05, 0) is 25.7 Å². The molecule has 4 heteroatoms. The first kappa shape index (κ1) is 9.67. The number of hydrogen-bond donors (Lipinski definition) is 1. The molecular formula is C9H12N2O2. The Labute approximate surface area is 76.8 Å². The molecule has 0 amide bonds. The average molecular weight is 180 g/mol. The van der Waals surface area contributed by atoms with Gasteiger partial charge < -0.3 is 10.0 Å². The van der Waals surface area contributed by atoms with Gasteiger partial charge in [-0.3, -0.25) is 0 Å². The predicted molar refractivity (Wildman–Crippen MR) is 48.6 cm³/mol. The predicted octanol–water partition coefficient (Wildman–Crippen LogP) is 0.841. The summed E-state index contributed by atoms with van der Waals surface area (Å²) in [7, 11) is 3.90.